The Hall–Kier alpha value is -4.85. The Morgan fingerprint density at radius 2 is 1.82 bits per heavy atom. The summed E-state index contributed by atoms with van der Waals surface area (Å²) in [6.45, 7) is 8.29. The standard InChI is InChI=1S/C32H31N3O5/c1-4-19-40-24-15-14-23(20-25(24)39-5-2)29-27(30(36)28-21(3)33-26-13-9-10-17-34(26)28)31(37)32(38)35(29)18-16-22-11-7-6-8-12-22/h4,6-15,17,20,29,36H,1,5,16,18-19H2,2-3H3/b30-27+. The maximum Gasteiger partial charge on any atom is 0.295 e. The van der Waals surface area contributed by atoms with Crippen molar-refractivity contribution in [3.8, 4) is 11.5 Å². The number of hydrogen-bond donors (Lipinski definition) is 1. The Labute approximate surface area is 232 Å². The maximum absolute atomic E-state index is 13.6. The molecular formula is C32H31N3O5. The number of aliphatic hydroxyl groups excluding tert-OH is 1. The number of carbonyl (C=O) groups excluding carboxylic acids is 2. The fourth-order valence-corrected chi connectivity index (χ4v) is 5.11. The molecular weight excluding hydrogens is 506 g/mol. The van der Waals surface area contributed by atoms with Gasteiger partial charge in [-0.2, -0.15) is 0 Å². The fraction of sp³-hybridized carbons (Fsp3) is 0.219. The van der Waals surface area contributed by atoms with Crippen molar-refractivity contribution in [3.63, 3.8) is 0 Å². The van der Waals surface area contributed by atoms with Crippen LogP contribution in [0.5, 0.6) is 11.5 Å². The molecule has 2 aromatic carbocycles. The molecule has 0 spiro atoms. The third-order valence-corrected chi connectivity index (χ3v) is 6.89. The molecule has 1 unspecified atom stereocenters. The van der Waals surface area contributed by atoms with Gasteiger partial charge in [0.2, 0.25) is 0 Å². The highest BCUT2D eigenvalue weighted by Gasteiger charge is 2.46. The minimum absolute atomic E-state index is 0.00835. The molecule has 0 bridgehead atoms. The molecule has 1 aliphatic heterocycles. The van der Waals surface area contributed by atoms with Gasteiger partial charge in [-0.25, -0.2) is 4.98 Å². The van der Waals surface area contributed by atoms with E-state index in [0.29, 0.717) is 53.7 Å². The quantitative estimate of drug-likeness (QED) is 0.128. The second-order valence-electron chi connectivity index (χ2n) is 9.44. The summed E-state index contributed by atoms with van der Waals surface area (Å²) in [4.78, 5) is 33.2. The van der Waals surface area contributed by atoms with Crippen LogP contribution in [-0.4, -0.2) is 50.8 Å². The molecule has 8 nitrogen and oxygen atoms in total. The summed E-state index contributed by atoms with van der Waals surface area (Å²) in [5.41, 5.74) is 3.20. The zero-order valence-electron chi connectivity index (χ0n) is 22.5. The first-order valence-corrected chi connectivity index (χ1v) is 13.2. The van der Waals surface area contributed by atoms with Crippen LogP contribution in [0.15, 0.2) is 91.2 Å². The zero-order valence-corrected chi connectivity index (χ0v) is 22.5. The number of pyridine rings is 1. The molecule has 204 valence electrons. The molecule has 8 heteroatoms. The smallest absolute Gasteiger partial charge is 0.295 e. The predicted molar refractivity (Wildman–Crippen MR) is 152 cm³/mol. The minimum Gasteiger partial charge on any atom is -0.505 e. The van der Waals surface area contributed by atoms with Crippen LogP contribution >= 0.6 is 0 Å². The van der Waals surface area contributed by atoms with E-state index in [9.17, 15) is 14.7 Å². The minimum atomic E-state index is -0.843. The molecule has 4 aromatic rings. The molecule has 0 aliphatic carbocycles. The summed E-state index contributed by atoms with van der Waals surface area (Å²) in [5.74, 6) is -0.692. The maximum atomic E-state index is 13.6. The van der Waals surface area contributed by atoms with E-state index in [1.54, 1.807) is 41.8 Å². The molecule has 1 atom stereocenters. The monoisotopic (exact) mass is 537 g/mol. The fourth-order valence-electron chi connectivity index (χ4n) is 5.11. The number of aromatic nitrogens is 2. The summed E-state index contributed by atoms with van der Waals surface area (Å²) in [6, 6.07) is 19.7. The third-order valence-electron chi connectivity index (χ3n) is 6.89. The first-order valence-electron chi connectivity index (χ1n) is 13.2. The number of hydrogen-bond acceptors (Lipinski definition) is 6. The van der Waals surface area contributed by atoms with Gasteiger partial charge >= 0.3 is 0 Å². The molecule has 40 heavy (non-hydrogen) atoms. The molecule has 5 rings (SSSR count). The van der Waals surface area contributed by atoms with Gasteiger partial charge in [0.05, 0.1) is 23.9 Å². The van der Waals surface area contributed by atoms with Gasteiger partial charge in [0, 0.05) is 12.7 Å². The van der Waals surface area contributed by atoms with Crippen molar-refractivity contribution in [2.75, 3.05) is 19.8 Å². The Morgan fingerprint density at radius 1 is 1.05 bits per heavy atom. The number of Topliss-reactive ketones (excluding diaryl/α,β-unsaturated/α-hetero) is 1. The highest BCUT2D eigenvalue weighted by Crippen LogP contribution is 2.42. The molecule has 1 aliphatic rings. The lowest BCUT2D eigenvalue weighted by Gasteiger charge is -2.26. The van der Waals surface area contributed by atoms with E-state index in [1.165, 1.54) is 4.90 Å². The lowest BCUT2D eigenvalue weighted by atomic mass is 9.95. The van der Waals surface area contributed by atoms with E-state index in [2.05, 4.69) is 11.6 Å². The predicted octanol–water partition coefficient (Wildman–Crippen LogP) is 5.27. The van der Waals surface area contributed by atoms with E-state index in [0.717, 1.165) is 5.56 Å². The molecule has 2 aromatic heterocycles. The Bertz CT molecular complexity index is 1610. The Morgan fingerprint density at radius 3 is 2.58 bits per heavy atom. The van der Waals surface area contributed by atoms with Crippen LogP contribution in [0.4, 0.5) is 0 Å². The summed E-state index contributed by atoms with van der Waals surface area (Å²) in [7, 11) is 0. The van der Waals surface area contributed by atoms with Crippen LogP contribution in [0.3, 0.4) is 0 Å². The van der Waals surface area contributed by atoms with Gasteiger partial charge in [0.25, 0.3) is 11.7 Å². The van der Waals surface area contributed by atoms with Gasteiger partial charge in [-0.3, -0.25) is 14.0 Å². The van der Waals surface area contributed by atoms with Crippen molar-refractivity contribution < 1.29 is 24.2 Å². The number of aliphatic hydroxyl groups is 1. The van der Waals surface area contributed by atoms with E-state index < -0.39 is 17.7 Å². The number of nitrogens with zero attached hydrogens (tertiary/aromatic N) is 3. The number of rotatable bonds is 10. The largest absolute Gasteiger partial charge is 0.505 e. The molecule has 0 saturated carbocycles. The number of aryl methyl sites for hydroxylation is 1. The average Bonchev–Trinajstić information content (AvgIpc) is 3.43. The normalized spacial score (nSPS) is 16.4. The number of carbonyl (C=O) groups is 2. The van der Waals surface area contributed by atoms with Crippen molar-refractivity contribution in [2.24, 2.45) is 0 Å². The Kier molecular flexibility index (Phi) is 7.68. The number of benzene rings is 2. The van der Waals surface area contributed by atoms with Crippen molar-refractivity contribution in [3.05, 3.63) is 114 Å². The number of likely N-dealkylation sites (tertiary alicyclic amines) is 1. The number of ether oxygens (including phenoxy) is 2. The number of fused-ring (bicyclic) bond motifs is 1. The third kappa shape index (κ3) is 4.96. The molecule has 3 heterocycles. The molecule has 1 saturated heterocycles. The van der Waals surface area contributed by atoms with Gasteiger partial charge in [-0.05, 0) is 55.7 Å². The van der Waals surface area contributed by atoms with E-state index in [-0.39, 0.29) is 17.9 Å². The average molecular weight is 538 g/mol. The number of amides is 1. The van der Waals surface area contributed by atoms with Crippen LogP contribution in [0.2, 0.25) is 0 Å². The number of ketones is 1. The zero-order chi connectivity index (χ0) is 28.2. The Balaban J connectivity index is 1.66. The SMILES string of the molecule is C=CCOc1ccc(C2/C(=C(\O)c3c(C)nc4ccccn34)C(=O)C(=O)N2CCc2ccccc2)cc1OCC. The first kappa shape index (κ1) is 26.7. The van der Waals surface area contributed by atoms with E-state index in [1.807, 2.05) is 55.5 Å². The summed E-state index contributed by atoms with van der Waals surface area (Å²) in [6.07, 6.45) is 3.95. The van der Waals surface area contributed by atoms with Gasteiger partial charge < -0.3 is 19.5 Å². The second kappa shape index (κ2) is 11.5. The summed E-state index contributed by atoms with van der Waals surface area (Å²) >= 11 is 0. The van der Waals surface area contributed by atoms with Gasteiger partial charge in [0.1, 0.15) is 17.9 Å². The van der Waals surface area contributed by atoms with Crippen molar-refractivity contribution in [2.45, 2.75) is 26.3 Å². The van der Waals surface area contributed by atoms with Gasteiger partial charge in [0.15, 0.2) is 17.3 Å². The van der Waals surface area contributed by atoms with Crippen LogP contribution in [0, 0.1) is 6.92 Å². The molecule has 1 fully saturated rings. The number of imidazole rings is 1. The van der Waals surface area contributed by atoms with Crippen LogP contribution in [0.1, 0.15) is 35.5 Å². The van der Waals surface area contributed by atoms with Gasteiger partial charge in [-0.1, -0.05) is 55.1 Å². The topological polar surface area (TPSA) is 93.4 Å². The highest BCUT2D eigenvalue weighted by atomic mass is 16.5. The van der Waals surface area contributed by atoms with Crippen LogP contribution in [-0.2, 0) is 16.0 Å². The highest BCUT2D eigenvalue weighted by molar-refractivity contribution is 6.46. The van der Waals surface area contributed by atoms with Crippen molar-refractivity contribution >= 4 is 23.1 Å². The van der Waals surface area contributed by atoms with Crippen molar-refractivity contribution in [1.29, 1.82) is 0 Å². The molecule has 0 radical (unpaired) electrons. The summed E-state index contributed by atoms with van der Waals surface area (Å²) in [5, 5.41) is 11.7. The lowest BCUT2D eigenvalue weighted by molar-refractivity contribution is -0.139. The van der Waals surface area contributed by atoms with Crippen LogP contribution in [0.25, 0.3) is 11.4 Å². The van der Waals surface area contributed by atoms with Crippen molar-refractivity contribution in [1.82, 2.24) is 14.3 Å². The molecule has 1 N–H and O–H groups in total. The molecule has 1 amide bonds. The van der Waals surface area contributed by atoms with E-state index in [4.69, 9.17) is 9.47 Å². The van der Waals surface area contributed by atoms with E-state index >= 15 is 0 Å². The lowest BCUT2D eigenvalue weighted by Crippen LogP contribution is -2.31. The first-order chi connectivity index (χ1) is 19.4. The van der Waals surface area contributed by atoms with Gasteiger partial charge in [-0.15, -0.1) is 0 Å². The summed E-state index contributed by atoms with van der Waals surface area (Å²) < 4.78 is 13.3. The second-order valence-corrected chi connectivity index (χ2v) is 9.44. The van der Waals surface area contributed by atoms with Crippen LogP contribution < -0.4 is 9.47 Å².